The normalized spacial score (nSPS) is 25.7. The molecule has 2 heterocycles. The van der Waals surface area contributed by atoms with E-state index in [4.69, 9.17) is 5.11 Å². The largest absolute Gasteiger partial charge is 0.481 e. The van der Waals surface area contributed by atoms with Gasteiger partial charge >= 0.3 is 5.97 Å². The lowest BCUT2D eigenvalue weighted by molar-refractivity contribution is -0.141. The minimum absolute atomic E-state index is 0.0440. The van der Waals surface area contributed by atoms with Crippen molar-refractivity contribution in [1.82, 2.24) is 15.5 Å². The highest BCUT2D eigenvalue weighted by atomic mass is 16.4. The lowest BCUT2D eigenvalue weighted by Gasteiger charge is -2.28. The minimum Gasteiger partial charge on any atom is -0.481 e. The first kappa shape index (κ1) is 20.6. The van der Waals surface area contributed by atoms with E-state index in [9.17, 15) is 14.4 Å². The van der Waals surface area contributed by atoms with Crippen LogP contribution in [0.15, 0.2) is 23.3 Å². The van der Waals surface area contributed by atoms with E-state index in [-0.39, 0.29) is 24.2 Å². The maximum atomic E-state index is 12.9. The maximum absolute atomic E-state index is 12.9. The molecule has 0 aromatic carbocycles. The third kappa shape index (κ3) is 5.22. The summed E-state index contributed by atoms with van der Waals surface area (Å²) in [6.07, 6.45) is 8.07. The van der Waals surface area contributed by atoms with Crippen LogP contribution in [0.1, 0.15) is 38.5 Å². The molecule has 2 unspecified atom stereocenters. The summed E-state index contributed by atoms with van der Waals surface area (Å²) < 4.78 is 0. The average molecular weight is 389 g/mol. The molecule has 154 valence electrons. The molecule has 3 rings (SSSR count). The van der Waals surface area contributed by atoms with Gasteiger partial charge in [0.25, 0.3) is 0 Å². The van der Waals surface area contributed by atoms with Gasteiger partial charge in [-0.2, -0.15) is 0 Å². The number of aliphatic carboxylic acids is 1. The molecule has 2 saturated heterocycles. The summed E-state index contributed by atoms with van der Waals surface area (Å²) in [4.78, 5) is 37.9. The van der Waals surface area contributed by atoms with Crippen molar-refractivity contribution in [3.05, 3.63) is 23.3 Å². The topological polar surface area (TPSA) is 98.7 Å². The van der Waals surface area contributed by atoms with Crippen LogP contribution < -0.4 is 10.6 Å². The molecular weight excluding hydrogens is 358 g/mol. The number of piperidine rings is 1. The van der Waals surface area contributed by atoms with Gasteiger partial charge in [0.05, 0.1) is 6.42 Å². The Morgan fingerprint density at radius 2 is 2.00 bits per heavy atom. The second kappa shape index (κ2) is 9.37. The Hall–Kier alpha value is -2.15. The standard InChI is InChI=1S/C21H31N3O4/c1-24(9-6-14-4-7-22-8-5-14)21(28)15-2-3-16-13-23-20(27)18(12-19(25)26)11-17(16)10-15/h2-3,14,17-18,22H,4-13H2,1H3,(H,23,27)(H,25,26). The van der Waals surface area contributed by atoms with E-state index >= 15 is 0 Å². The van der Waals surface area contributed by atoms with Gasteiger partial charge in [0, 0.05) is 31.6 Å². The number of amides is 2. The van der Waals surface area contributed by atoms with Gasteiger partial charge in [-0.25, -0.2) is 0 Å². The third-order valence-electron chi connectivity index (χ3n) is 6.27. The Bertz CT molecular complexity index is 679. The number of hydrogen-bond donors (Lipinski definition) is 3. The Labute approximate surface area is 166 Å². The number of carbonyl (C=O) groups is 3. The molecule has 1 aliphatic carbocycles. The van der Waals surface area contributed by atoms with Crippen molar-refractivity contribution in [2.45, 2.75) is 38.5 Å². The predicted octanol–water partition coefficient (Wildman–Crippen LogP) is 1.32. The summed E-state index contributed by atoms with van der Waals surface area (Å²) in [5.74, 6) is -0.940. The van der Waals surface area contributed by atoms with Gasteiger partial charge in [-0.3, -0.25) is 14.4 Å². The molecule has 7 nitrogen and oxygen atoms in total. The molecule has 0 bridgehead atoms. The van der Waals surface area contributed by atoms with Crippen LogP contribution in [0.2, 0.25) is 0 Å². The van der Waals surface area contributed by atoms with Gasteiger partial charge in [-0.15, -0.1) is 0 Å². The van der Waals surface area contributed by atoms with Crippen LogP contribution in [-0.2, 0) is 14.4 Å². The SMILES string of the molecule is CN(CCC1CCNCC1)C(=O)C1=CC=C2CNC(=O)C(CC(=O)O)CC2C1. The summed E-state index contributed by atoms with van der Waals surface area (Å²) in [5, 5.41) is 15.3. The number of likely N-dealkylation sites (N-methyl/N-ethyl adjacent to an activating group) is 1. The summed E-state index contributed by atoms with van der Waals surface area (Å²) in [7, 11) is 1.86. The van der Waals surface area contributed by atoms with Crippen molar-refractivity contribution in [2.24, 2.45) is 17.8 Å². The van der Waals surface area contributed by atoms with E-state index in [2.05, 4.69) is 10.6 Å². The molecule has 3 N–H and O–H groups in total. The summed E-state index contributed by atoms with van der Waals surface area (Å²) in [5.41, 5.74) is 1.83. The molecule has 0 aromatic heterocycles. The molecule has 28 heavy (non-hydrogen) atoms. The van der Waals surface area contributed by atoms with Crippen LogP contribution in [0.25, 0.3) is 0 Å². The predicted molar refractivity (Wildman–Crippen MR) is 105 cm³/mol. The molecule has 7 heteroatoms. The van der Waals surface area contributed by atoms with Gasteiger partial charge in [0.1, 0.15) is 0 Å². The van der Waals surface area contributed by atoms with E-state index in [1.54, 1.807) is 0 Å². The van der Waals surface area contributed by atoms with E-state index in [0.717, 1.165) is 37.2 Å². The number of hydrogen-bond acceptors (Lipinski definition) is 4. The fourth-order valence-corrected chi connectivity index (χ4v) is 4.47. The van der Waals surface area contributed by atoms with Crippen molar-refractivity contribution in [3.8, 4) is 0 Å². The number of fused-ring (bicyclic) bond motifs is 1. The number of carboxylic acid groups (broad SMARTS) is 1. The highest BCUT2D eigenvalue weighted by Gasteiger charge is 2.33. The highest BCUT2D eigenvalue weighted by molar-refractivity contribution is 5.94. The number of carboxylic acids is 1. The van der Waals surface area contributed by atoms with Crippen LogP contribution in [-0.4, -0.2) is 61.0 Å². The molecule has 2 atom stereocenters. The fraction of sp³-hybridized carbons (Fsp3) is 0.667. The molecule has 0 radical (unpaired) electrons. The van der Waals surface area contributed by atoms with E-state index in [1.807, 2.05) is 24.1 Å². The summed E-state index contributed by atoms with van der Waals surface area (Å²) in [6, 6.07) is 0. The number of allylic oxidation sites excluding steroid dienone is 2. The Kier molecular flexibility index (Phi) is 6.88. The second-order valence-electron chi connectivity index (χ2n) is 8.29. The molecule has 0 spiro atoms. The Morgan fingerprint density at radius 3 is 2.71 bits per heavy atom. The zero-order chi connectivity index (χ0) is 20.1. The van der Waals surface area contributed by atoms with Gasteiger partial charge in [-0.1, -0.05) is 12.2 Å². The maximum Gasteiger partial charge on any atom is 0.304 e. The van der Waals surface area contributed by atoms with E-state index in [0.29, 0.717) is 25.3 Å². The number of nitrogens with one attached hydrogen (secondary N) is 2. The van der Waals surface area contributed by atoms with Crippen molar-refractivity contribution < 1.29 is 19.5 Å². The Morgan fingerprint density at radius 1 is 1.25 bits per heavy atom. The van der Waals surface area contributed by atoms with Crippen molar-refractivity contribution in [2.75, 3.05) is 33.2 Å². The zero-order valence-corrected chi connectivity index (χ0v) is 16.6. The van der Waals surface area contributed by atoms with Crippen molar-refractivity contribution >= 4 is 17.8 Å². The van der Waals surface area contributed by atoms with E-state index < -0.39 is 11.9 Å². The van der Waals surface area contributed by atoms with Gasteiger partial charge in [0.15, 0.2) is 0 Å². The van der Waals surface area contributed by atoms with E-state index in [1.165, 1.54) is 12.8 Å². The molecule has 0 saturated carbocycles. The van der Waals surface area contributed by atoms with Crippen LogP contribution in [0.5, 0.6) is 0 Å². The summed E-state index contributed by atoms with van der Waals surface area (Å²) >= 11 is 0. The Balaban J connectivity index is 1.58. The first-order chi connectivity index (χ1) is 13.4. The smallest absolute Gasteiger partial charge is 0.304 e. The average Bonchev–Trinajstić information content (AvgIpc) is 2.84. The van der Waals surface area contributed by atoms with Crippen molar-refractivity contribution in [3.63, 3.8) is 0 Å². The van der Waals surface area contributed by atoms with Gasteiger partial charge in [0.2, 0.25) is 11.8 Å². The molecule has 0 aromatic rings. The first-order valence-corrected chi connectivity index (χ1v) is 10.3. The number of carbonyl (C=O) groups excluding carboxylic acids is 2. The van der Waals surface area contributed by atoms with Gasteiger partial charge < -0.3 is 20.6 Å². The third-order valence-corrected chi connectivity index (χ3v) is 6.27. The number of rotatable bonds is 6. The van der Waals surface area contributed by atoms with Crippen LogP contribution in [0, 0.1) is 17.8 Å². The molecule has 2 aliphatic heterocycles. The first-order valence-electron chi connectivity index (χ1n) is 10.3. The van der Waals surface area contributed by atoms with Gasteiger partial charge in [-0.05, 0) is 62.6 Å². The van der Waals surface area contributed by atoms with Crippen LogP contribution >= 0.6 is 0 Å². The van der Waals surface area contributed by atoms with Crippen molar-refractivity contribution in [1.29, 1.82) is 0 Å². The van der Waals surface area contributed by atoms with Crippen LogP contribution in [0.3, 0.4) is 0 Å². The lowest BCUT2D eigenvalue weighted by Crippen LogP contribution is -2.34. The molecule has 2 amide bonds. The second-order valence-corrected chi connectivity index (χ2v) is 8.29. The molecular formula is C21H31N3O4. The zero-order valence-electron chi connectivity index (χ0n) is 16.6. The number of nitrogens with zero attached hydrogens (tertiary/aromatic N) is 1. The van der Waals surface area contributed by atoms with Crippen LogP contribution in [0.4, 0.5) is 0 Å². The minimum atomic E-state index is -0.965. The summed E-state index contributed by atoms with van der Waals surface area (Å²) in [6.45, 7) is 3.31. The molecule has 2 fully saturated rings. The highest BCUT2D eigenvalue weighted by Crippen LogP contribution is 2.34. The quantitative estimate of drug-likeness (QED) is 0.636. The monoisotopic (exact) mass is 389 g/mol. The molecule has 3 aliphatic rings. The lowest BCUT2D eigenvalue weighted by atomic mass is 9.81. The fourth-order valence-electron chi connectivity index (χ4n) is 4.47.